The lowest BCUT2D eigenvalue weighted by atomic mass is 9.96. The van der Waals surface area contributed by atoms with Gasteiger partial charge in [0.15, 0.2) is 10.9 Å². The third-order valence-electron chi connectivity index (χ3n) is 3.35. The Kier molecular flexibility index (Phi) is 6.55. The highest BCUT2D eigenvalue weighted by molar-refractivity contribution is 7.98. The van der Waals surface area contributed by atoms with Gasteiger partial charge in [0, 0.05) is 17.6 Å². The number of carbonyl (C=O) groups excluding carboxylic acids is 1. The predicted molar refractivity (Wildman–Crippen MR) is 105 cm³/mol. The summed E-state index contributed by atoms with van der Waals surface area (Å²) in [6.07, 6.45) is 0.696. The van der Waals surface area contributed by atoms with E-state index >= 15 is 0 Å². The van der Waals surface area contributed by atoms with Crippen LogP contribution in [0.5, 0.6) is 0 Å². The van der Waals surface area contributed by atoms with Gasteiger partial charge in [-0.3, -0.25) is 10.2 Å². The van der Waals surface area contributed by atoms with Gasteiger partial charge in [-0.05, 0) is 17.8 Å². The molecule has 0 aliphatic rings. The number of thioether (sulfide) groups is 1. The highest BCUT2D eigenvalue weighted by Gasteiger charge is 2.22. The van der Waals surface area contributed by atoms with Crippen LogP contribution in [0.3, 0.4) is 0 Å². The zero-order chi connectivity index (χ0) is 18.4. The van der Waals surface area contributed by atoms with Crippen LogP contribution in [0.1, 0.15) is 39.1 Å². The lowest BCUT2D eigenvalue weighted by Crippen LogP contribution is -2.43. The molecule has 0 aliphatic carbocycles. The number of nitrogens with one attached hydrogen (secondary N) is 2. The van der Waals surface area contributed by atoms with Crippen LogP contribution < -0.4 is 10.7 Å². The maximum atomic E-state index is 12.1. The molecule has 0 aliphatic heterocycles. The van der Waals surface area contributed by atoms with Crippen molar-refractivity contribution in [1.29, 1.82) is 0 Å². The van der Waals surface area contributed by atoms with Crippen LogP contribution >= 0.6 is 24.0 Å². The first-order chi connectivity index (χ1) is 11.8. The number of nitrogens with zero attached hydrogens (tertiary/aromatic N) is 3. The second-order valence-corrected chi connectivity index (χ2v) is 7.86. The van der Waals surface area contributed by atoms with E-state index in [4.69, 9.17) is 12.2 Å². The summed E-state index contributed by atoms with van der Waals surface area (Å²) >= 11 is 6.82. The molecule has 6 nitrogen and oxygen atoms in total. The molecule has 0 unspecified atom stereocenters. The van der Waals surface area contributed by atoms with E-state index < -0.39 is 5.41 Å². The third-order valence-corrected chi connectivity index (χ3v) is 4.54. The number of hydrogen-bond donors (Lipinski definition) is 2. The van der Waals surface area contributed by atoms with Crippen molar-refractivity contribution in [2.75, 3.05) is 5.43 Å². The van der Waals surface area contributed by atoms with Gasteiger partial charge in [-0.2, -0.15) is 0 Å². The van der Waals surface area contributed by atoms with Gasteiger partial charge >= 0.3 is 0 Å². The number of rotatable bonds is 5. The summed E-state index contributed by atoms with van der Waals surface area (Å²) in [6.45, 7) is 7.50. The van der Waals surface area contributed by atoms with Crippen molar-refractivity contribution < 1.29 is 4.79 Å². The van der Waals surface area contributed by atoms with Gasteiger partial charge in [-0.25, -0.2) is 4.68 Å². The number of hydrogen-bond acceptors (Lipinski definition) is 5. The fraction of sp³-hybridized carbons (Fsp3) is 0.412. The molecule has 1 aromatic carbocycles. The van der Waals surface area contributed by atoms with Gasteiger partial charge in [0.25, 0.3) is 0 Å². The number of aromatic nitrogens is 3. The second kappa shape index (κ2) is 8.44. The van der Waals surface area contributed by atoms with Crippen molar-refractivity contribution in [3.05, 3.63) is 41.7 Å². The summed E-state index contributed by atoms with van der Waals surface area (Å²) in [5, 5.41) is 12.0. The Morgan fingerprint density at radius 1 is 1.24 bits per heavy atom. The second-order valence-electron chi connectivity index (χ2n) is 6.51. The zero-order valence-corrected chi connectivity index (χ0v) is 16.5. The minimum atomic E-state index is -0.516. The SMILES string of the molecule is CCc1nnc(SCc2ccccc2)n1NC(=S)NC(=O)C(C)(C)C. The fourth-order valence-electron chi connectivity index (χ4n) is 1.88. The summed E-state index contributed by atoms with van der Waals surface area (Å²) in [6, 6.07) is 10.1. The molecule has 0 atom stereocenters. The van der Waals surface area contributed by atoms with Crippen molar-refractivity contribution in [3.63, 3.8) is 0 Å². The number of amides is 1. The maximum Gasteiger partial charge on any atom is 0.231 e. The molecule has 0 fully saturated rings. The Balaban J connectivity index is 2.07. The van der Waals surface area contributed by atoms with E-state index in [1.54, 1.807) is 16.4 Å². The molecule has 1 heterocycles. The molecular weight excluding hydrogens is 354 g/mol. The lowest BCUT2D eigenvalue weighted by Gasteiger charge is -2.19. The van der Waals surface area contributed by atoms with E-state index in [-0.39, 0.29) is 11.0 Å². The number of benzene rings is 1. The van der Waals surface area contributed by atoms with Crippen molar-refractivity contribution in [2.24, 2.45) is 5.41 Å². The molecule has 134 valence electrons. The molecule has 1 amide bonds. The number of thiocarbonyl (C=S) groups is 1. The first kappa shape index (κ1) is 19.4. The van der Waals surface area contributed by atoms with Gasteiger partial charge in [0.1, 0.15) is 0 Å². The Bertz CT molecular complexity index is 737. The van der Waals surface area contributed by atoms with Crippen LogP contribution in [0, 0.1) is 5.41 Å². The topological polar surface area (TPSA) is 71.8 Å². The van der Waals surface area contributed by atoms with Gasteiger partial charge in [-0.1, -0.05) is 69.8 Å². The Morgan fingerprint density at radius 2 is 1.92 bits per heavy atom. The van der Waals surface area contributed by atoms with Crippen LogP contribution in [0.25, 0.3) is 0 Å². The van der Waals surface area contributed by atoms with Crippen molar-refractivity contribution >= 4 is 35.0 Å². The molecule has 0 spiro atoms. The average Bonchev–Trinajstić information content (AvgIpc) is 2.94. The summed E-state index contributed by atoms with van der Waals surface area (Å²) in [5.41, 5.74) is 3.70. The minimum Gasteiger partial charge on any atom is -0.301 e. The minimum absolute atomic E-state index is 0.144. The first-order valence-electron chi connectivity index (χ1n) is 8.04. The molecule has 0 radical (unpaired) electrons. The van der Waals surface area contributed by atoms with E-state index in [2.05, 4.69) is 33.1 Å². The van der Waals surface area contributed by atoms with Crippen LogP contribution in [0.15, 0.2) is 35.5 Å². The first-order valence-corrected chi connectivity index (χ1v) is 9.44. The molecule has 0 bridgehead atoms. The maximum absolute atomic E-state index is 12.1. The molecule has 25 heavy (non-hydrogen) atoms. The summed E-state index contributed by atoms with van der Waals surface area (Å²) in [5.74, 6) is 1.38. The molecule has 2 aromatic rings. The van der Waals surface area contributed by atoms with Crippen molar-refractivity contribution in [1.82, 2.24) is 20.2 Å². The smallest absolute Gasteiger partial charge is 0.231 e. The number of aryl methyl sites for hydroxylation is 1. The van der Waals surface area contributed by atoms with Gasteiger partial charge < -0.3 is 5.32 Å². The van der Waals surface area contributed by atoms with Crippen LogP contribution in [0.2, 0.25) is 0 Å². The quantitative estimate of drug-likeness (QED) is 0.616. The van der Waals surface area contributed by atoms with E-state index in [0.29, 0.717) is 11.6 Å². The Morgan fingerprint density at radius 3 is 2.52 bits per heavy atom. The standard InChI is InChI=1S/C17H23N5OS2/c1-5-13-19-20-16(25-11-12-9-7-6-8-10-12)22(13)21-15(24)18-14(23)17(2,3)4/h6-10H,5,11H2,1-4H3,(H2,18,21,23,24). The Labute approximate surface area is 157 Å². The normalized spacial score (nSPS) is 11.2. The summed E-state index contributed by atoms with van der Waals surface area (Å²) in [4.78, 5) is 12.1. The number of carbonyl (C=O) groups is 1. The third kappa shape index (κ3) is 5.54. The predicted octanol–water partition coefficient (Wildman–Crippen LogP) is 3.12. The largest absolute Gasteiger partial charge is 0.301 e. The van der Waals surface area contributed by atoms with Gasteiger partial charge in [0.05, 0.1) is 0 Å². The molecule has 8 heteroatoms. The highest BCUT2D eigenvalue weighted by atomic mass is 32.2. The molecule has 1 aromatic heterocycles. The van der Waals surface area contributed by atoms with Crippen LogP contribution in [-0.2, 0) is 17.0 Å². The van der Waals surface area contributed by atoms with Crippen LogP contribution in [0.4, 0.5) is 0 Å². The van der Waals surface area contributed by atoms with Crippen LogP contribution in [-0.4, -0.2) is 25.9 Å². The Hall–Kier alpha value is -1.93. The van der Waals surface area contributed by atoms with E-state index in [1.807, 2.05) is 45.9 Å². The zero-order valence-electron chi connectivity index (χ0n) is 14.9. The molecule has 0 saturated heterocycles. The monoisotopic (exact) mass is 377 g/mol. The molecular formula is C17H23N5OS2. The molecule has 2 N–H and O–H groups in total. The summed E-state index contributed by atoms with van der Waals surface area (Å²) < 4.78 is 1.74. The van der Waals surface area contributed by atoms with Crippen molar-refractivity contribution in [3.8, 4) is 0 Å². The van der Waals surface area contributed by atoms with Gasteiger partial charge in [-0.15, -0.1) is 10.2 Å². The highest BCUT2D eigenvalue weighted by Crippen LogP contribution is 2.21. The lowest BCUT2D eigenvalue weighted by molar-refractivity contribution is -0.126. The van der Waals surface area contributed by atoms with Crippen molar-refractivity contribution in [2.45, 2.75) is 45.0 Å². The van der Waals surface area contributed by atoms with E-state index in [9.17, 15) is 4.79 Å². The van der Waals surface area contributed by atoms with E-state index in [1.165, 1.54) is 5.56 Å². The van der Waals surface area contributed by atoms with E-state index in [0.717, 1.165) is 11.6 Å². The summed E-state index contributed by atoms with van der Waals surface area (Å²) in [7, 11) is 0. The molecule has 2 rings (SSSR count). The molecule has 0 saturated carbocycles. The fourth-order valence-corrected chi connectivity index (χ4v) is 2.93. The van der Waals surface area contributed by atoms with Gasteiger partial charge in [0.2, 0.25) is 11.1 Å². The average molecular weight is 378 g/mol.